The van der Waals surface area contributed by atoms with Gasteiger partial charge in [-0.3, -0.25) is 4.79 Å². The molecule has 0 fully saturated rings. The maximum absolute atomic E-state index is 10.5. The van der Waals surface area contributed by atoms with Crippen molar-refractivity contribution in [1.82, 2.24) is 0 Å². The molecule has 0 radical (unpaired) electrons. The number of aliphatic carboxylic acids is 1. The van der Waals surface area contributed by atoms with E-state index in [1.54, 1.807) is 0 Å². The lowest BCUT2D eigenvalue weighted by Crippen LogP contribution is -1.99. The minimum Gasteiger partial charge on any atom is -0.494 e. The Balaban J connectivity index is 1.52. The predicted molar refractivity (Wildman–Crippen MR) is 128 cm³/mol. The molecule has 0 heterocycles. The second-order valence-electron chi connectivity index (χ2n) is 7.96. The molecule has 0 spiro atoms. The minimum atomic E-state index is -0.732. The van der Waals surface area contributed by atoms with E-state index in [-0.39, 0.29) is 6.42 Å². The van der Waals surface area contributed by atoms with Crippen LogP contribution in [0, 0.1) is 0 Å². The van der Waals surface area contributed by atoms with Crippen LogP contribution in [0.3, 0.4) is 0 Å². The summed E-state index contributed by atoms with van der Waals surface area (Å²) in [4.78, 5) is 10.5. The van der Waals surface area contributed by atoms with Crippen LogP contribution in [0.15, 0.2) is 72.8 Å². The maximum Gasteiger partial charge on any atom is 0.303 e. The van der Waals surface area contributed by atoms with Crippen molar-refractivity contribution in [2.24, 2.45) is 0 Å². The molecule has 3 nitrogen and oxygen atoms in total. The number of aryl methyl sites for hydroxylation is 1. The van der Waals surface area contributed by atoms with Gasteiger partial charge in [0.05, 0.1) is 6.61 Å². The van der Waals surface area contributed by atoms with Gasteiger partial charge in [0.1, 0.15) is 5.75 Å². The second-order valence-corrected chi connectivity index (χ2v) is 7.96. The number of carboxylic acid groups (broad SMARTS) is 1. The third-order valence-corrected chi connectivity index (χ3v) is 5.48. The summed E-state index contributed by atoms with van der Waals surface area (Å²) < 4.78 is 5.77. The lowest BCUT2D eigenvalue weighted by Gasteiger charge is -2.09. The smallest absolute Gasteiger partial charge is 0.303 e. The van der Waals surface area contributed by atoms with Crippen LogP contribution in [0.25, 0.3) is 22.3 Å². The van der Waals surface area contributed by atoms with Crippen molar-refractivity contribution < 1.29 is 14.6 Å². The van der Waals surface area contributed by atoms with Crippen LogP contribution >= 0.6 is 0 Å². The van der Waals surface area contributed by atoms with E-state index in [2.05, 4.69) is 67.6 Å². The molecule has 3 aromatic rings. The van der Waals surface area contributed by atoms with Crippen molar-refractivity contribution >= 4 is 5.97 Å². The SMILES string of the molecule is CCCCc1ccc(-c2ccc(-c3ccc(OCCCCCC(=O)O)cc3)cc2)cc1. The molecule has 0 unspecified atom stereocenters. The summed E-state index contributed by atoms with van der Waals surface area (Å²) in [6, 6.07) is 25.8. The van der Waals surface area contributed by atoms with Gasteiger partial charge in [-0.1, -0.05) is 74.0 Å². The zero-order valence-electron chi connectivity index (χ0n) is 18.3. The first-order valence-electron chi connectivity index (χ1n) is 11.3. The van der Waals surface area contributed by atoms with Gasteiger partial charge in [-0.2, -0.15) is 0 Å². The fourth-order valence-electron chi connectivity index (χ4n) is 3.59. The monoisotopic (exact) mass is 416 g/mol. The number of rotatable bonds is 12. The number of hydrogen-bond acceptors (Lipinski definition) is 2. The summed E-state index contributed by atoms with van der Waals surface area (Å²) in [6.45, 7) is 2.84. The van der Waals surface area contributed by atoms with Crippen molar-refractivity contribution in [3.8, 4) is 28.0 Å². The van der Waals surface area contributed by atoms with E-state index in [1.165, 1.54) is 35.1 Å². The van der Waals surface area contributed by atoms with Gasteiger partial charge < -0.3 is 9.84 Å². The van der Waals surface area contributed by atoms with Crippen molar-refractivity contribution in [2.45, 2.75) is 51.9 Å². The molecule has 0 atom stereocenters. The van der Waals surface area contributed by atoms with Crippen LogP contribution in [-0.4, -0.2) is 17.7 Å². The first kappa shape index (κ1) is 22.6. The van der Waals surface area contributed by atoms with Gasteiger partial charge >= 0.3 is 5.97 Å². The standard InChI is InChI=1S/C28H32O3/c1-2-3-7-22-9-11-23(12-10-22)24-13-15-25(16-14-24)26-17-19-27(20-18-26)31-21-6-4-5-8-28(29)30/h9-20H,2-8,21H2,1H3,(H,29,30). The number of carboxylic acids is 1. The Bertz CT molecular complexity index is 926. The molecule has 0 bridgehead atoms. The molecule has 0 aliphatic heterocycles. The van der Waals surface area contributed by atoms with Crippen LogP contribution in [0.5, 0.6) is 5.75 Å². The average Bonchev–Trinajstić information content (AvgIpc) is 2.81. The van der Waals surface area contributed by atoms with Crippen LogP contribution < -0.4 is 4.74 Å². The predicted octanol–water partition coefficient (Wildman–Crippen LogP) is 7.39. The van der Waals surface area contributed by atoms with Gasteiger partial charge in [-0.25, -0.2) is 0 Å². The quantitative estimate of drug-likeness (QED) is 0.313. The van der Waals surface area contributed by atoms with Crippen molar-refractivity contribution in [3.63, 3.8) is 0 Å². The number of benzene rings is 3. The van der Waals surface area contributed by atoms with E-state index in [0.717, 1.165) is 30.6 Å². The van der Waals surface area contributed by atoms with Crippen molar-refractivity contribution in [1.29, 1.82) is 0 Å². The Hall–Kier alpha value is -3.07. The zero-order valence-corrected chi connectivity index (χ0v) is 18.3. The zero-order chi connectivity index (χ0) is 21.9. The molecule has 3 aromatic carbocycles. The molecule has 3 rings (SSSR count). The molecule has 0 saturated carbocycles. The fourth-order valence-corrected chi connectivity index (χ4v) is 3.59. The topological polar surface area (TPSA) is 46.5 Å². The van der Waals surface area contributed by atoms with Gasteiger partial charge in [0, 0.05) is 6.42 Å². The first-order valence-corrected chi connectivity index (χ1v) is 11.3. The first-order chi connectivity index (χ1) is 15.2. The third-order valence-electron chi connectivity index (χ3n) is 5.48. The summed E-state index contributed by atoms with van der Waals surface area (Å²) in [5.41, 5.74) is 6.23. The van der Waals surface area contributed by atoms with Crippen molar-refractivity contribution in [2.75, 3.05) is 6.61 Å². The molecule has 0 aromatic heterocycles. The minimum absolute atomic E-state index is 0.234. The summed E-state index contributed by atoms with van der Waals surface area (Å²) in [5.74, 6) is 0.117. The highest BCUT2D eigenvalue weighted by Crippen LogP contribution is 2.27. The highest BCUT2D eigenvalue weighted by atomic mass is 16.5. The molecule has 0 aliphatic rings. The molecule has 31 heavy (non-hydrogen) atoms. The normalized spacial score (nSPS) is 10.7. The largest absolute Gasteiger partial charge is 0.494 e. The lowest BCUT2D eigenvalue weighted by molar-refractivity contribution is -0.137. The van der Waals surface area contributed by atoms with Crippen LogP contribution in [0.4, 0.5) is 0 Å². The Morgan fingerprint density at radius 1 is 0.710 bits per heavy atom. The summed E-state index contributed by atoms with van der Waals surface area (Å²) in [7, 11) is 0. The van der Waals surface area contributed by atoms with E-state index in [4.69, 9.17) is 9.84 Å². The van der Waals surface area contributed by atoms with E-state index < -0.39 is 5.97 Å². The fraction of sp³-hybridized carbons (Fsp3) is 0.321. The van der Waals surface area contributed by atoms with Crippen LogP contribution in [0.2, 0.25) is 0 Å². The molecule has 1 N–H and O–H groups in total. The maximum atomic E-state index is 10.5. The Morgan fingerprint density at radius 2 is 1.23 bits per heavy atom. The van der Waals surface area contributed by atoms with Crippen LogP contribution in [-0.2, 0) is 11.2 Å². The summed E-state index contributed by atoms with van der Waals surface area (Å²) >= 11 is 0. The van der Waals surface area contributed by atoms with Gasteiger partial charge in [0.15, 0.2) is 0 Å². The average molecular weight is 417 g/mol. The molecule has 0 amide bonds. The Kier molecular flexibility index (Phi) is 8.71. The molecular weight excluding hydrogens is 384 g/mol. The Morgan fingerprint density at radius 3 is 1.74 bits per heavy atom. The van der Waals surface area contributed by atoms with E-state index in [0.29, 0.717) is 13.0 Å². The highest BCUT2D eigenvalue weighted by molar-refractivity contribution is 5.70. The molecule has 3 heteroatoms. The van der Waals surface area contributed by atoms with Gasteiger partial charge in [-0.05, 0) is 72.1 Å². The van der Waals surface area contributed by atoms with Gasteiger partial charge in [0.25, 0.3) is 0 Å². The van der Waals surface area contributed by atoms with Gasteiger partial charge in [-0.15, -0.1) is 0 Å². The lowest BCUT2D eigenvalue weighted by atomic mass is 9.99. The summed E-state index contributed by atoms with van der Waals surface area (Å²) in [5, 5.41) is 8.65. The summed E-state index contributed by atoms with van der Waals surface area (Å²) in [6.07, 6.45) is 6.30. The third kappa shape index (κ3) is 7.29. The second kappa shape index (κ2) is 11.9. The number of hydrogen-bond donors (Lipinski definition) is 1. The number of unbranched alkanes of at least 4 members (excludes halogenated alkanes) is 3. The van der Waals surface area contributed by atoms with E-state index in [9.17, 15) is 4.79 Å². The van der Waals surface area contributed by atoms with E-state index in [1.807, 2.05) is 12.1 Å². The number of ether oxygens (including phenoxy) is 1. The molecule has 0 aliphatic carbocycles. The van der Waals surface area contributed by atoms with E-state index >= 15 is 0 Å². The molecule has 162 valence electrons. The molecular formula is C28H32O3. The van der Waals surface area contributed by atoms with Crippen molar-refractivity contribution in [3.05, 3.63) is 78.4 Å². The highest BCUT2D eigenvalue weighted by Gasteiger charge is 2.03. The number of carbonyl (C=O) groups is 1. The van der Waals surface area contributed by atoms with Crippen LogP contribution in [0.1, 0.15) is 51.0 Å². The molecule has 0 saturated heterocycles. The van der Waals surface area contributed by atoms with Gasteiger partial charge in [0.2, 0.25) is 0 Å². The Labute approximate surface area is 185 Å².